The molecule has 0 aliphatic heterocycles. The SMILES string of the molecule is COc1ccc(Sc2nc[nH]c(=O)c2Cl)cc1. The lowest BCUT2D eigenvalue weighted by Gasteiger charge is -2.03. The molecule has 1 aromatic carbocycles. The zero-order valence-electron chi connectivity index (χ0n) is 8.94. The van der Waals surface area contributed by atoms with Crippen molar-refractivity contribution in [3.63, 3.8) is 0 Å². The fourth-order valence-corrected chi connectivity index (χ4v) is 2.20. The minimum atomic E-state index is -0.335. The highest BCUT2D eigenvalue weighted by Gasteiger charge is 2.07. The summed E-state index contributed by atoms with van der Waals surface area (Å²) in [7, 11) is 1.61. The molecule has 2 rings (SSSR count). The third kappa shape index (κ3) is 2.81. The predicted octanol–water partition coefficient (Wildman–Crippen LogP) is 2.58. The molecule has 0 saturated carbocycles. The van der Waals surface area contributed by atoms with Crippen LogP contribution in [0, 0.1) is 0 Å². The second kappa shape index (κ2) is 5.25. The lowest BCUT2D eigenvalue weighted by molar-refractivity contribution is 0.414. The molecule has 6 heteroatoms. The monoisotopic (exact) mass is 268 g/mol. The lowest BCUT2D eigenvalue weighted by Crippen LogP contribution is -2.07. The summed E-state index contributed by atoms with van der Waals surface area (Å²) in [5.41, 5.74) is -0.335. The van der Waals surface area contributed by atoms with Gasteiger partial charge in [-0.3, -0.25) is 4.79 Å². The maximum absolute atomic E-state index is 11.3. The van der Waals surface area contributed by atoms with Crippen molar-refractivity contribution in [3.8, 4) is 5.75 Å². The Labute approximate surface area is 107 Å². The average Bonchev–Trinajstić information content (AvgIpc) is 2.36. The topological polar surface area (TPSA) is 55.0 Å². The van der Waals surface area contributed by atoms with Gasteiger partial charge in [-0.15, -0.1) is 0 Å². The Kier molecular flexibility index (Phi) is 3.71. The first-order chi connectivity index (χ1) is 8.20. The van der Waals surface area contributed by atoms with Crippen molar-refractivity contribution in [2.45, 2.75) is 9.92 Å². The van der Waals surface area contributed by atoms with Gasteiger partial charge in [-0.05, 0) is 24.3 Å². The van der Waals surface area contributed by atoms with Gasteiger partial charge >= 0.3 is 0 Å². The normalized spacial score (nSPS) is 10.2. The van der Waals surface area contributed by atoms with Gasteiger partial charge in [0.25, 0.3) is 5.56 Å². The summed E-state index contributed by atoms with van der Waals surface area (Å²) in [6.07, 6.45) is 1.33. The fraction of sp³-hybridized carbons (Fsp3) is 0.0909. The van der Waals surface area contributed by atoms with E-state index in [1.54, 1.807) is 7.11 Å². The zero-order valence-corrected chi connectivity index (χ0v) is 10.5. The number of rotatable bonds is 3. The molecule has 0 aliphatic carbocycles. The third-order valence-electron chi connectivity index (χ3n) is 2.04. The van der Waals surface area contributed by atoms with E-state index < -0.39 is 0 Å². The lowest BCUT2D eigenvalue weighted by atomic mass is 10.3. The van der Waals surface area contributed by atoms with E-state index in [1.807, 2.05) is 24.3 Å². The number of hydrogen-bond acceptors (Lipinski definition) is 4. The molecule has 0 atom stereocenters. The van der Waals surface area contributed by atoms with Gasteiger partial charge in [0.15, 0.2) is 0 Å². The van der Waals surface area contributed by atoms with Crippen LogP contribution >= 0.6 is 23.4 Å². The summed E-state index contributed by atoms with van der Waals surface area (Å²) in [4.78, 5) is 18.6. The Morgan fingerprint density at radius 3 is 2.71 bits per heavy atom. The minimum Gasteiger partial charge on any atom is -0.497 e. The van der Waals surface area contributed by atoms with Crippen LogP contribution in [0.2, 0.25) is 5.02 Å². The van der Waals surface area contributed by atoms with Crippen LogP contribution in [0.1, 0.15) is 0 Å². The van der Waals surface area contributed by atoms with Crippen LogP contribution < -0.4 is 10.3 Å². The predicted molar refractivity (Wildman–Crippen MR) is 67.0 cm³/mol. The molecule has 2 aromatic rings. The number of nitrogens with zero attached hydrogens (tertiary/aromatic N) is 1. The summed E-state index contributed by atoms with van der Waals surface area (Å²) in [6, 6.07) is 7.43. The van der Waals surface area contributed by atoms with Gasteiger partial charge < -0.3 is 9.72 Å². The van der Waals surface area contributed by atoms with E-state index in [9.17, 15) is 4.79 Å². The van der Waals surface area contributed by atoms with Gasteiger partial charge in [0.05, 0.1) is 13.4 Å². The standard InChI is InChI=1S/C11H9ClN2O2S/c1-16-7-2-4-8(5-3-7)17-11-9(12)10(15)13-6-14-11/h2-6H,1H3,(H,13,14,15). The van der Waals surface area contributed by atoms with Crippen molar-refractivity contribution in [1.82, 2.24) is 9.97 Å². The molecule has 0 bridgehead atoms. The smallest absolute Gasteiger partial charge is 0.270 e. The van der Waals surface area contributed by atoms with Gasteiger partial charge in [-0.2, -0.15) is 0 Å². The van der Waals surface area contributed by atoms with Gasteiger partial charge in [-0.25, -0.2) is 4.98 Å². The van der Waals surface area contributed by atoms with E-state index in [0.717, 1.165) is 10.6 Å². The molecule has 0 fully saturated rings. The Morgan fingerprint density at radius 1 is 1.35 bits per heavy atom. The second-order valence-corrected chi connectivity index (χ2v) is 4.57. The van der Waals surface area contributed by atoms with E-state index in [1.165, 1.54) is 18.1 Å². The van der Waals surface area contributed by atoms with Crippen molar-refractivity contribution in [2.24, 2.45) is 0 Å². The number of aromatic nitrogens is 2. The van der Waals surface area contributed by atoms with Crippen LogP contribution in [0.25, 0.3) is 0 Å². The van der Waals surface area contributed by atoms with E-state index in [2.05, 4.69) is 9.97 Å². The second-order valence-electron chi connectivity index (χ2n) is 3.13. The molecule has 88 valence electrons. The quantitative estimate of drug-likeness (QED) is 0.870. The molecule has 1 aromatic heterocycles. The first kappa shape index (κ1) is 12.0. The summed E-state index contributed by atoms with van der Waals surface area (Å²) in [5, 5.41) is 0.592. The van der Waals surface area contributed by atoms with Crippen LogP contribution in [0.3, 0.4) is 0 Å². The molecule has 0 spiro atoms. The molecule has 4 nitrogen and oxygen atoms in total. The Morgan fingerprint density at radius 2 is 2.06 bits per heavy atom. The summed E-state index contributed by atoms with van der Waals surface area (Å²) in [5.74, 6) is 0.777. The van der Waals surface area contributed by atoms with E-state index in [-0.39, 0.29) is 10.6 Å². The van der Waals surface area contributed by atoms with Gasteiger partial charge in [0.1, 0.15) is 15.8 Å². The number of H-pyrrole nitrogens is 1. The molecule has 0 unspecified atom stereocenters. The first-order valence-electron chi connectivity index (χ1n) is 4.76. The Hall–Kier alpha value is -1.46. The fourth-order valence-electron chi connectivity index (χ4n) is 1.19. The minimum absolute atomic E-state index is 0.105. The molecular formula is C11H9ClN2O2S. The highest BCUT2D eigenvalue weighted by Crippen LogP contribution is 2.30. The number of benzene rings is 1. The van der Waals surface area contributed by atoms with Crippen molar-refractivity contribution in [3.05, 3.63) is 46.0 Å². The highest BCUT2D eigenvalue weighted by molar-refractivity contribution is 7.99. The van der Waals surface area contributed by atoms with Crippen molar-refractivity contribution < 1.29 is 4.74 Å². The van der Waals surface area contributed by atoms with Crippen LogP contribution in [0.5, 0.6) is 5.75 Å². The molecular weight excluding hydrogens is 260 g/mol. The summed E-state index contributed by atoms with van der Waals surface area (Å²) < 4.78 is 5.06. The van der Waals surface area contributed by atoms with Gasteiger partial charge in [0.2, 0.25) is 0 Å². The number of halogens is 1. The highest BCUT2D eigenvalue weighted by atomic mass is 35.5. The van der Waals surface area contributed by atoms with Gasteiger partial charge in [-0.1, -0.05) is 23.4 Å². The molecule has 0 saturated heterocycles. The van der Waals surface area contributed by atoms with Crippen LogP contribution in [-0.4, -0.2) is 17.1 Å². The summed E-state index contributed by atoms with van der Waals surface area (Å²) >= 11 is 7.18. The van der Waals surface area contributed by atoms with E-state index >= 15 is 0 Å². The molecule has 0 amide bonds. The molecule has 0 radical (unpaired) electrons. The van der Waals surface area contributed by atoms with Crippen molar-refractivity contribution in [2.75, 3.05) is 7.11 Å². The summed E-state index contributed by atoms with van der Waals surface area (Å²) in [6.45, 7) is 0. The van der Waals surface area contributed by atoms with Crippen LogP contribution in [0.4, 0.5) is 0 Å². The van der Waals surface area contributed by atoms with Crippen molar-refractivity contribution in [1.29, 1.82) is 0 Å². The number of aromatic amines is 1. The number of nitrogens with one attached hydrogen (secondary N) is 1. The maximum Gasteiger partial charge on any atom is 0.270 e. The molecule has 0 aliphatic rings. The Bertz CT molecular complexity index is 568. The first-order valence-corrected chi connectivity index (χ1v) is 5.95. The maximum atomic E-state index is 11.3. The zero-order chi connectivity index (χ0) is 12.3. The molecule has 1 heterocycles. The number of hydrogen-bond donors (Lipinski definition) is 1. The molecule has 17 heavy (non-hydrogen) atoms. The van der Waals surface area contributed by atoms with Crippen molar-refractivity contribution >= 4 is 23.4 Å². The Balaban J connectivity index is 2.25. The molecule has 1 N–H and O–H groups in total. The largest absolute Gasteiger partial charge is 0.497 e. The third-order valence-corrected chi connectivity index (χ3v) is 3.51. The number of methoxy groups -OCH3 is 1. The van der Waals surface area contributed by atoms with E-state index in [0.29, 0.717) is 5.03 Å². The van der Waals surface area contributed by atoms with Crippen LogP contribution in [-0.2, 0) is 0 Å². The van der Waals surface area contributed by atoms with Gasteiger partial charge in [0, 0.05) is 4.90 Å². The van der Waals surface area contributed by atoms with Crippen LogP contribution in [0.15, 0.2) is 45.3 Å². The average molecular weight is 269 g/mol. The van der Waals surface area contributed by atoms with E-state index in [4.69, 9.17) is 16.3 Å². The number of ether oxygens (including phenoxy) is 1.